The number of cyclic esters (lactones) is 1. The van der Waals surface area contributed by atoms with Crippen LogP contribution in [0, 0.1) is 12.8 Å². The van der Waals surface area contributed by atoms with Crippen molar-refractivity contribution in [1.82, 2.24) is 14.5 Å². The van der Waals surface area contributed by atoms with Crippen LogP contribution in [0.5, 0.6) is 0 Å². The number of carbonyl (C=O) groups is 1. The van der Waals surface area contributed by atoms with E-state index in [9.17, 15) is 14.7 Å². The highest BCUT2D eigenvalue weighted by Gasteiger charge is 2.26. The maximum Gasteiger partial charge on any atom is 0.309 e. The van der Waals surface area contributed by atoms with Crippen LogP contribution in [-0.2, 0) is 29.2 Å². The number of pyridine rings is 2. The van der Waals surface area contributed by atoms with Gasteiger partial charge in [0.15, 0.2) is 0 Å². The average Bonchev–Trinajstić information content (AvgIpc) is 2.98. The van der Waals surface area contributed by atoms with Gasteiger partial charge in [-0.25, -0.2) is 4.98 Å². The highest BCUT2D eigenvalue weighted by molar-refractivity contribution is 6.32. The Morgan fingerprint density at radius 1 is 1.14 bits per heavy atom. The van der Waals surface area contributed by atoms with Crippen molar-refractivity contribution in [2.24, 2.45) is 5.92 Å². The molecule has 1 fully saturated rings. The lowest BCUT2D eigenvalue weighted by atomic mass is 9.96. The smallest absolute Gasteiger partial charge is 0.309 e. The third-order valence-corrected chi connectivity index (χ3v) is 8.14. The number of fused-ring (bicyclic) bond motifs is 2. The van der Waals surface area contributed by atoms with Gasteiger partial charge in [0.05, 0.1) is 30.1 Å². The first-order valence-corrected chi connectivity index (χ1v) is 13.0. The molecule has 3 aromatic rings. The maximum absolute atomic E-state index is 13.4. The summed E-state index contributed by atoms with van der Waals surface area (Å²) in [5.41, 5.74) is 3.88. The van der Waals surface area contributed by atoms with E-state index in [4.69, 9.17) is 27.9 Å². The molecule has 1 atom stereocenters. The Morgan fingerprint density at radius 2 is 1.89 bits per heavy atom. The third-order valence-electron chi connectivity index (χ3n) is 7.42. The number of piperidine rings is 1. The van der Waals surface area contributed by atoms with Gasteiger partial charge in [-0.05, 0) is 73.7 Å². The lowest BCUT2D eigenvalue weighted by Gasteiger charge is -2.31. The molecular weight excluding hydrogens is 501 g/mol. The number of esters is 1. The second kappa shape index (κ2) is 10.1. The Morgan fingerprint density at radius 3 is 2.64 bits per heavy atom. The third kappa shape index (κ3) is 4.90. The van der Waals surface area contributed by atoms with E-state index in [0.717, 1.165) is 53.5 Å². The summed E-state index contributed by atoms with van der Waals surface area (Å²) in [5.74, 6) is 0.181. The number of nitrogens with zero attached hydrogens (tertiary/aromatic N) is 3. The van der Waals surface area contributed by atoms with Crippen LogP contribution >= 0.6 is 23.2 Å². The van der Waals surface area contributed by atoms with Crippen LogP contribution in [0.2, 0.25) is 10.2 Å². The molecule has 1 aromatic carbocycles. The Labute approximate surface area is 219 Å². The largest absolute Gasteiger partial charge is 0.460 e. The molecule has 0 spiro atoms. The molecule has 2 aromatic heterocycles. The fraction of sp³-hybridized carbons (Fsp3) is 0.444. The molecule has 4 heterocycles. The molecular formula is C27H29Cl2N3O4. The number of carbonyl (C=O) groups excluding carboxylic acids is 1. The average molecular weight is 530 g/mol. The second-order valence-corrected chi connectivity index (χ2v) is 10.8. The first-order valence-electron chi connectivity index (χ1n) is 12.3. The minimum atomic E-state index is -1.06. The summed E-state index contributed by atoms with van der Waals surface area (Å²) in [4.78, 5) is 32.3. The van der Waals surface area contributed by atoms with Gasteiger partial charge in [-0.1, -0.05) is 30.1 Å². The van der Waals surface area contributed by atoms with E-state index in [0.29, 0.717) is 28.2 Å². The topological polar surface area (TPSA) is 84.7 Å². The molecule has 5 rings (SSSR count). The van der Waals surface area contributed by atoms with E-state index in [2.05, 4.69) is 16.8 Å². The molecule has 2 aliphatic rings. The number of aliphatic hydroxyl groups is 1. The van der Waals surface area contributed by atoms with Gasteiger partial charge in [-0.3, -0.25) is 14.5 Å². The maximum atomic E-state index is 13.4. The first-order chi connectivity index (χ1) is 17.2. The molecule has 0 bridgehead atoms. The van der Waals surface area contributed by atoms with Crippen molar-refractivity contribution >= 4 is 40.1 Å². The van der Waals surface area contributed by atoms with Gasteiger partial charge in [0, 0.05) is 28.7 Å². The summed E-state index contributed by atoms with van der Waals surface area (Å²) in [5, 5.41) is 12.3. The van der Waals surface area contributed by atoms with Crippen LogP contribution < -0.4 is 5.56 Å². The number of hydrogen-bond donors (Lipinski definition) is 1. The lowest BCUT2D eigenvalue weighted by molar-refractivity contribution is -0.146. The summed E-state index contributed by atoms with van der Waals surface area (Å²) in [6, 6.07) is 5.57. The van der Waals surface area contributed by atoms with Crippen LogP contribution in [0.4, 0.5) is 0 Å². The summed E-state index contributed by atoms with van der Waals surface area (Å²) >= 11 is 13.2. The molecule has 0 saturated carbocycles. The number of hydrogen-bond acceptors (Lipinski definition) is 6. The molecule has 0 aliphatic carbocycles. The predicted molar refractivity (Wildman–Crippen MR) is 139 cm³/mol. The van der Waals surface area contributed by atoms with Gasteiger partial charge in [0.2, 0.25) is 0 Å². The molecule has 0 radical (unpaired) electrons. The Bertz CT molecular complexity index is 1400. The molecule has 7 nitrogen and oxygen atoms in total. The zero-order valence-electron chi connectivity index (χ0n) is 20.4. The van der Waals surface area contributed by atoms with Crippen molar-refractivity contribution in [2.75, 3.05) is 13.1 Å². The minimum absolute atomic E-state index is 0.162. The van der Waals surface area contributed by atoms with Crippen molar-refractivity contribution in [3.63, 3.8) is 0 Å². The SMILES string of the molecule is Cc1cc2c(CN3CCC(C)CC3)c(Cn3ccc4c(c3=O)COC(=O)CC4O)c(Cl)nc2cc1Cl. The van der Waals surface area contributed by atoms with Crippen LogP contribution in [0.25, 0.3) is 10.9 Å². The summed E-state index contributed by atoms with van der Waals surface area (Å²) in [6.07, 6.45) is 2.69. The molecule has 36 heavy (non-hydrogen) atoms. The van der Waals surface area contributed by atoms with E-state index < -0.39 is 12.1 Å². The van der Waals surface area contributed by atoms with Crippen LogP contribution in [-0.4, -0.2) is 38.6 Å². The summed E-state index contributed by atoms with van der Waals surface area (Å²) in [6.45, 7) is 6.98. The molecule has 190 valence electrons. The zero-order chi connectivity index (χ0) is 25.6. The van der Waals surface area contributed by atoms with Crippen molar-refractivity contribution in [2.45, 2.75) is 58.9 Å². The Balaban J connectivity index is 1.60. The number of rotatable bonds is 4. The highest BCUT2D eigenvalue weighted by Crippen LogP contribution is 2.33. The predicted octanol–water partition coefficient (Wildman–Crippen LogP) is 4.77. The molecule has 1 N–H and O–H groups in total. The molecule has 0 amide bonds. The highest BCUT2D eigenvalue weighted by atomic mass is 35.5. The van der Waals surface area contributed by atoms with Gasteiger partial charge < -0.3 is 14.4 Å². The Kier molecular flexibility index (Phi) is 7.10. The number of ether oxygens (including phenoxy) is 1. The van der Waals surface area contributed by atoms with Gasteiger partial charge >= 0.3 is 5.97 Å². The lowest BCUT2D eigenvalue weighted by Crippen LogP contribution is -2.33. The van der Waals surface area contributed by atoms with Crippen LogP contribution in [0.3, 0.4) is 0 Å². The quantitative estimate of drug-likeness (QED) is 0.387. The second-order valence-electron chi connectivity index (χ2n) is 10.0. The van der Waals surface area contributed by atoms with Gasteiger partial charge in [-0.2, -0.15) is 0 Å². The van der Waals surface area contributed by atoms with E-state index in [1.54, 1.807) is 16.8 Å². The standard InChI is InChI=1S/C27H29Cl2N3O4/c1-15-3-6-31(7-4-15)12-19-18-9-16(2)22(28)10-23(18)30-26(29)20(19)13-32-8-5-17-21(27(32)35)14-36-25(34)11-24(17)33/h5,8-10,15,24,33H,3-4,6-7,11-14H2,1-2H3. The Hall–Kier alpha value is -2.45. The molecule has 2 aliphatic heterocycles. The van der Waals surface area contributed by atoms with Gasteiger partial charge in [0.25, 0.3) is 5.56 Å². The van der Waals surface area contributed by atoms with Gasteiger partial charge in [-0.15, -0.1) is 0 Å². The van der Waals surface area contributed by atoms with Crippen LogP contribution in [0.15, 0.2) is 29.2 Å². The number of aromatic nitrogens is 2. The van der Waals surface area contributed by atoms with E-state index in [1.807, 2.05) is 19.1 Å². The number of likely N-dealkylation sites (tertiary alicyclic amines) is 1. The zero-order valence-corrected chi connectivity index (χ0v) is 21.9. The van der Waals surface area contributed by atoms with E-state index in [-0.39, 0.29) is 30.7 Å². The van der Waals surface area contributed by atoms with Crippen LogP contribution in [0.1, 0.15) is 60.1 Å². The summed E-state index contributed by atoms with van der Waals surface area (Å²) in [7, 11) is 0. The first kappa shape index (κ1) is 25.2. The molecule has 9 heteroatoms. The van der Waals surface area contributed by atoms with E-state index in [1.165, 1.54) is 0 Å². The monoisotopic (exact) mass is 529 g/mol. The summed E-state index contributed by atoms with van der Waals surface area (Å²) < 4.78 is 6.70. The number of halogens is 2. The van der Waals surface area contributed by atoms with Crippen molar-refractivity contribution in [3.8, 4) is 0 Å². The van der Waals surface area contributed by atoms with Crippen molar-refractivity contribution in [3.05, 3.63) is 72.7 Å². The number of aryl methyl sites for hydroxylation is 1. The number of benzene rings is 1. The minimum Gasteiger partial charge on any atom is -0.460 e. The molecule has 1 unspecified atom stereocenters. The van der Waals surface area contributed by atoms with E-state index >= 15 is 0 Å². The fourth-order valence-corrected chi connectivity index (χ4v) is 5.54. The number of aliphatic hydroxyl groups excluding tert-OH is 1. The molecule has 1 saturated heterocycles. The van der Waals surface area contributed by atoms with Crippen molar-refractivity contribution in [1.29, 1.82) is 0 Å². The van der Waals surface area contributed by atoms with Crippen molar-refractivity contribution < 1.29 is 14.6 Å². The normalized spacial score (nSPS) is 19.2. The fourth-order valence-electron chi connectivity index (χ4n) is 5.12. The van der Waals surface area contributed by atoms with Gasteiger partial charge in [0.1, 0.15) is 11.8 Å².